The molecule has 0 radical (unpaired) electrons. The SMILES string of the molecule is CC(NC1CCCCN(C(=O)OC(C)(C)C)C1)c1cnccn1. The van der Waals surface area contributed by atoms with Crippen molar-refractivity contribution in [1.82, 2.24) is 20.2 Å². The Kier molecular flexibility index (Phi) is 5.93. The molecule has 2 unspecified atom stereocenters. The Hall–Kier alpha value is -1.69. The van der Waals surface area contributed by atoms with Crippen molar-refractivity contribution < 1.29 is 9.53 Å². The standard InChI is InChI=1S/C17H28N4O2/c1-13(15-11-18-8-9-19-15)20-14-7-5-6-10-21(12-14)16(22)23-17(2,3)4/h8-9,11,13-14,20H,5-7,10,12H2,1-4H3. The first-order valence-corrected chi connectivity index (χ1v) is 8.35. The summed E-state index contributed by atoms with van der Waals surface area (Å²) < 4.78 is 5.51. The minimum atomic E-state index is -0.459. The third-order valence-electron chi connectivity index (χ3n) is 3.84. The molecule has 1 fully saturated rings. The maximum atomic E-state index is 12.3. The van der Waals surface area contributed by atoms with Gasteiger partial charge in [0.15, 0.2) is 0 Å². The number of nitrogens with one attached hydrogen (secondary N) is 1. The van der Waals surface area contributed by atoms with Crippen molar-refractivity contribution in [3.8, 4) is 0 Å². The molecule has 1 N–H and O–H groups in total. The van der Waals surface area contributed by atoms with E-state index in [2.05, 4.69) is 22.2 Å². The van der Waals surface area contributed by atoms with Crippen LogP contribution in [0.15, 0.2) is 18.6 Å². The second-order valence-corrected chi connectivity index (χ2v) is 7.14. The number of hydrogen-bond acceptors (Lipinski definition) is 5. The summed E-state index contributed by atoms with van der Waals surface area (Å²) in [5, 5.41) is 3.57. The van der Waals surface area contributed by atoms with E-state index in [9.17, 15) is 4.79 Å². The molecule has 1 aliphatic heterocycles. The maximum Gasteiger partial charge on any atom is 0.410 e. The highest BCUT2D eigenvalue weighted by Gasteiger charge is 2.27. The number of aromatic nitrogens is 2. The number of carbonyl (C=O) groups excluding carboxylic acids is 1. The molecule has 1 aromatic rings. The van der Waals surface area contributed by atoms with Gasteiger partial charge in [0, 0.05) is 43.8 Å². The van der Waals surface area contributed by atoms with Crippen molar-refractivity contribution in [2.45, 2.75) is 64.6 Å². The number of rotatable bonds is 3. The van der Waals surface area contributed by atoms with Crippen molar-refractivity contribution in [3.63, 3.8) is 0 Å². The van der Waals surface area contributed by atoms with Gasteiger partial charge in [0.2, 0.25) is 0 Å². The van der Waals surface area contributed by atoms with Gasteiger partial charge in [-0.05, 0) is 40.5 Å². The minimum Gasteiger partial charge on any atom is -0.444 e. The Morgan fingerprint density at radius 3 is 2.83 bits per heavy atom. The molecule has 2 heterocycles. The average molecular weight is 320 g/mol. The number of ether oxygens (including phenoxy) is 1. The van der Waals surface area contributed by atoms with Gasteiger partial charge in [-0.1, -0.05) is 6.42 Å². The molecule has 1 aromatic heterocycles. The monoisotopic (exact) mass is 320 g/mol. The largest absolute Gasteiger partial charge is 0.444 e. The zero-order chi connectivity index (χ0) is 16.9. The Balaban J connectivity index is 1.95. The summed E-state index contributed by atoms with van der Waals surface area (Å²) in [5.41, 5.74) is 0.458. The van der Waals surface area contributed by atoms with Crippen LogP contribution in [0.4, 0.5) is 4.79 Å². The third-order valence-corrected chi connectivity index (χ3v) is 3.84. The number of hydrogen-bond donors (Lipinski definition) is 1. The van der Waals surface area contributed by atoms with Crippen LogP contribution in [0.3, 0.4) is 0 Å². The first kappa shape index (κ1) is 17.7. The molecular formula is C17H28N4O2. The van der Waals surface area contributed by atoms with Crippen LogP contribution < -0.4 is 5.32 Å². The van der Waals surface area contributed by atoms with Crippen molar-refractivity contribution in [2.24, 2.45) is 0 Å². The summed E-state index contributed by atoms with van der Waals surface area (Å²) in [4.78, 5) is 22.6. The average Bonchev–Trinajstić information content (AvgIpc) is 2.72. The fourth-order valence-corrected chi connectivity index (χ4v) is 2.74. The highest BCUT2D eigenvalue weighted by molar-refractivity contribution is 5.68. The molecule has 6 nitrogen and oxygen atoms in total. The molecule has 0 aliphatic carbocycles. The summed E-state index contributed by atoms with van der Waals surface area (Å²) in [6, 6.07) is 0.342. The Morgan fingerprint density at radius 1 is 1.39 bits per heavy atom. The van der Waals surface area contributed by atoms with E-state index in [0.29, 0.717) is 6.54 Å². The van der Waals surface area contributed by atoms with E-state index < -0.39 is 5.60 Å². The van der Waals surface area contributed by atoms with Gasteiger partial charge in [-0.3, -0.25) is 9.97 Å². The van der Waals surface area contributed by atoms with Crippen LogP contribution in [0.25, 0.3) is 0 Å². The lowest BCUT2D eigenvalue weighted by Crippen LogP contribution is -2.45. The zero-order valence-electron chi connectivity index (χ0n) is 14.6. The molecule has 0 saturated carbocycles. The van der Waals surface area contributed by atoms with Gasteiger partial charge < -0.3 is 15.0 Å². The van der Waals surface area contributed by atoms with Crippen LogP contribution in [0, 0.1) is 0 Å². The number of amides is 1. The molecule has 1 aliphatic rings. The van der Waals surface area contributed by atoms with Gasteiger partial charge in [0.25, 0.3) is 0 Å². The van der Waals surface area contributed by atoms with Crippen LogP contribution in [-0.4, -0.2) is 45.7 Å². The topological polar surface area (TPSA) is 67.4 Å². The van der Waals surface area contributed by atoms with E-state index >= 15 is 0 Å². The van der Waals surface area contributed by atoms with E-state index in [1.807, 2.05) is 25.7 Å². The molecule has 6 heteroatoms. The highest BCUT2D eigenvalue weighted by atomic mass is 16.6. The van der Waals surface area contributed by atoms with Gasteiger partial charge >= 0.3 is 6.09 Å². The normalized spacial score (nSPS) is 20.7. The van der Waals surface area contributed by atoms with Gasteiger partial charge in [0.1, 0.15) is 5.60 Å². The second-order valence-electron chi connectivity index (χ2n) is 7.14. The molecule has 0 aromatic carbocycles. The molecule has 128 valence electrons. The molecule has 23 heavy (non-hydrogen) atoms. The van der Waals surface area contributed by atoms with E-state index in [1.54, 1.807) is 18.6 Å². The van der Waals surface area contributed by atoms with E-state index in [4.69, 9.17) is 4.74 Å². The van der Waals surface area contributed by atoms with E-state index in [0.717, 1.165) is 31.5 Å². The van der Waals surface area contributed by atoms with Gasteiger partial charge in [-0.2, -0.15) is 0 Å². The smallest absolute Gasteiger partial charge is 0.410 e. The summed E-state index contributed by atoms with van der Waals surface area (Å²) in [7, 11) is 0. The number of nitrogens with zero attached hydrogens (tertiary/aromatic N) is 3. The first-order valence-electron chi connectivity index (χ1n) is 8.35. The van der Waals surface area contributed by atoms with Gasteiger partial charge in [0.05, 0.1) is 5.69 Å². The maximum absolute atomic E-state index is 12.3. The lowest BCUT2D eigenvalue weighted by atomic mass is 10.1. The van der Waals surface area contributed by atoms with Crippen LogP contribution in [0.2, 0.25) is 0 Å². The van der Waals surface area contributed by atoms with E-state index in [1.165, 1.54) is 0 Å². The number of carbonyl (C=O) groups is 1. The highest BCUT2D eigenvalue weighted by Crippen LogP contribution is 2.18. The molecule has 0 spiro atoms. The summed E-state index contributed by atoms with van der Waals surface area (Å²) in [5.74, 6) is 0. The van der Waals surface area contributed by atoms with Crippen LogP contribution >= 0.6 is 0 Å². The molecular weight excluding hydrogens is 292 g/mol. The van der Waals surface area contributed by atoms with Crippen molar-refractivity contribution in [1.29, 1.82) is 0 Å². The second kappa shape index (κ2) is 7.73. The Morgan fingerprint density at radius 2 is 2.17 bits per heavy atom. The zero-order valence-corrected chi connectivity index (χ0v) is 14.6. The quantitative estimate of drug-likeness (QED) is 0.927. The van der Waals surface area contributed by atoms with Crippen LogP contribution in [0.5, 0.6) is 0 Å². The number of likely N-dealkylation sites (tertiary alicyclic amines) is 1. The van der Waals surface area contributed by atoms with Crippen molar-refractivity contribution >= 4 is 6.09 Å². The molecule has 1 amide bonds. The fourth-order valence-electron chi connectivity index (χ4n) is 2.74. The summed E-state index contributed by atoms with van der Waals surface area (Å²) >= 11 is 0. The molecule has 0 bridgehead atoms. The fraction of sp³-hybridized carbons (Fsp3) is 0.706. The summed E-state index contributed by atoms with van der Waals surface area (Å²) in [6.07, 6.45) is 8.09. The molecule has 2 rings (SSSR count). The summed E-state index contributed by atoms with van der Waals surface area (Å²) in [6.45, 7) is 9.19. The van der Waals surface area contributed by atoms with Gasteiger partial charge in [-0.15, -0.1) is 0 Å². The lowest BCUT2D eigenvalue weighted by Gasteiger charge is -2.29. The molecule has 2 atom stereocenters. The van der Waals surface area contributed by atoms with Gasteiger partial charge in [-0.25, -0.2) is 4.79 Å². The van der Waals surface area contributed by atoms with Crippen LogP contribution in [-0.2, 0) is 4.74 Å². The molecule has 1 saturated heterocycles. The van der Waals surface area contributed by atoms with Crippen molar-refractivity contribution in [3.05, 3.63) is 24.3 Å². The van der Waals surface area contributed by atoms with Crippen LogP contribution in [0.1, 0.15) is 58.7 Å². The first-order chi connectivity index (χ1) is 10.8. The minimum absolute atomic E-state index is 0.104. The van der Waals surface area contributed by atoms with Crippen molar-refractivity contribution in [2.75, 3.05) is 13.1 Å². The van der Waals surface area contributed by atoms with E-state index in [-0.39, 0.29) is 18.2 Å². The third kappa shape index (κ3) is 5.78. The predicted molar refractivity (Wildman–Crippen MR) is 89.0 cm³/mol. The Labute approximate surface area is 138 Å². The predicted octanol–water partition coefficient (Wildman–Crippen LogP) is 2.92. The Bertz CT molecular complexity index is 501. The lowest BCUT2D eigenvalue weighted by molar-refractivity contribution is 0.0242.